The SMILES string of the molecule is O=C(NC(=O)c1ccc(F)cc1Cl)Nc1cc(Cl)c(Oc2cc(C(F)(F)F)cs2)c(Cl)c1. The molecule has 0 saturated heterocycles. The third-order valence-electron chi connectivity index (χ3n) is 3.76. The topological polar surface area (TPSA) is 67.4 Å². The Labute approximate surface area is 196 Å². The van der Waals surface area contributed by atoms with Gasteiger partial charge in [0, 0.05) is 17.1 Å². The third-order valence-corrected chi connectivity index (χ3v) is 5.44. The standard InChI is InChI=1S/C19H9Cl3F4N2O3S/c20-12-4-9(23)1-2-11(12)17(29)28-18(30)27-10-5-13(21)16(14(22)6-10)31-15-3-8(7-32-15)19(24,25)26/h1-7H,(H2,27,28,29,30). The molecule has 32 heavy (non-hydrogen) atoms. The van der Waals surface area contributed by atoms with E-state index in [2.05, 4.69) is 5.32 Å². The summed E-state index contributed by atoms with van der Waals surface area (Å²) < 4.78 is 56.6. The summed E-state index contributed by atoms with van der Waals surface area (Å²) in [6.45, 7) is 0. The van der Waals surface area contributed by atoms with E-state index in [0.717, 1.165) is 29.6 Å². The van der Waals surface area contributed by atoms with Crippen LogP contribution in [0.5, 0.6) is 10.8 Å². The Morgan fingerprint density at radius 3 is 2.19 bits per heavy atom. The van der Waals surface area contributed by atoms with Crippen molar-refractivity contribution < 1.29 is 31.9 Å². The summed E-state index contributed by atoms with van der Waals surface area (Å²) in [5.41, 5.74) is -0.951. The molecule has 0 aliphatic heterocycles. The number of alkyl halides is 3. The molecule has 0 saturated carbocycles. The van der Waals surface area contributed by atoms with Crippen molar-refractivity contribution in [3.8, 4) is 10.8 Å². The molecule has 3 rings (SSSR count). The summed E-state index contributed by atoms with van der Waals surface area (Å²) in [5, 5.41) is 4.68. The van der Waals surface area contributed by atoms with E-state index >= 15 is 0 Å². The summed E-state index contributed by atoms with van der Waals surface area (Å²) in [6, 6.07) is 5.29. The van der Waals surface area contributed by atoms with Gasteiger partial charge in [-0.05, 0) is 30.3 Å². The van der Waals surface area contributed by atoms with Crippen molar-refractivity contribution in [2.75, 3.05) is 5.32 Å². The number of thiophene rings is 1. The van der Waals surface area contributed by atoms with Crippen LogP contribution < -0.4 is 15.4 Å². The van der Waals surface area contributed by atoms with E-state index < -0.39 is 29.5 Å². The predicted molar refractivity (Wildman–Crippen MR) is 114 cm³/mol. The molecule has 2 aromatic carbocycles. The van der Waals surface area contributed by atoms with E-state index in [1.165, 1.54) is 12.1 Å². The normalized spacial score (nSPS) is 11.2. The number of rotatable bonds is 4. The van der Waals surface area contributed by atoms with Gasteiger partial charge >= 0.3 is 12.2 Å². The maximum absolute atomic E-state index is 13.1. The van der Waals surface area contributed by atoms with Crippen molar-refractivity contribution >= 4 is 63.8 Å². The van der Waals surface area contributed by atoms with E-state index in [9.17, 15) is 27.2 Å². The second kappa shape index (κ2) is 9.53. The van der Waals surface area contributed by atoms with Gasteiger partial charge in [0.25, 0.3) is 5.91 Å². The van der Waals surface area contributed by atoms with E-state index in [-0.39, 0.29) is 37.1 Å². The van der Waals surface area contributed by atoms with Crippen molar-refractivity contribution in [2.24, 2.45) is 0 Å². The smallest absolute Gasteiger partial charge is 0.417 e. The average Bonchev–Trinajstić information content (AvgIpc) is 3.13. The second-order valence-corrected chi connectivity index (χ2v) is 8.15. The van der Waals surface area contributed by atoms with Crippen molar-refractivity contribution in [1.82, 2.24) is 5.32 Å². The van der Waals surface area contributed by atoms with Gasteiger partial charge in [0.2, 0.25) is 0 Å². The van der Waals surface area contributed by atoms with Crippen LogP contribution in [0.3, 0.4) is 0 Å². The highest BCUT2D eigenvalue weighted by Gasteiger charge is 2.32. The highest BCUT2D eigenvalue weighted by Crippen LogP contribution is 2.42. The lowest BCUT2D eigenvalue weighted by Crippen LogP contribution is -2.34. The molecule has 0 fully saturated rings. The van der Waals surface area contributed by atoms with Gasteiger partial charge in [-0.25, -0.2) is 9.18 Å². The van der Waals surface area contributed by atoms with Gasteiger partial charge in [0.15, 0.2) is 10.8 Å². The third kappa shape index (κ3) is 5.83. The number of anilines is 1. The maximum atomic E-state index is 13.1. The van der Waals surface area contributed by atoms with Crippen LogP contribution in [0.2, 0.25) is 15.1 Å². The molecular formula is C19H9Cl3F4N2O3S. The molecule has 0 aliphatic rings. The quantitative estimate of drug-likeness (QED) is 0.343. The van der Waals surface area contributed by atoms with Gasteiger partial charge < -0.3 is 10.1 Å². The van der Waals surface area contributed by atoms with Crippen LogP contribution in [0.15, 0.2) is 41.8 Å². The zero-order valence-corrected chi connectivity index (χ0v) is 18.4. The van der Waals surface area contributed by atoms with Crippen LogP contribution in [0, 0.1) is 5.82 Å². The monoisotopic (exact) mass is 526 g/mol. The Morgan fingerprint density at radius 2 is 1.62 bits per heavy atom. The van der Waals surface area contributed by atoms with Crippen molar-refractivity contribution in [3.63, 3.8) is 0 Å². The highest BCUT2D eigenvalue weighted by atomic mass is 35.5. The Morgan fingerprint density at radius 1 is 0.969 bits per heavy atom. The van der Waals surface area contributed by atoms with E-state index in [0.29, 0.717) is 11.3 Å². The molecule has 0 unspecified atom stereocenters. The first-order valence-corrected chi connectivity index (χ1v) is 10.4. The first kappa shape index (κ1) is 24.1. The Hall–Kier alpha value is -2.53. The minimum atomic E-state index is -4.53. The van der Waals surface area contributed by atoms with Gasteiger partial charge in [-0.15, -0.1) is 11.3 Å². The molecule has 1 aromatic heterocycles. The van der Waals surface area contributed by atoms with Crippen LogP contribution in [-0.4, -0.2) is 11.9 Å². The summed E-state index contributed by atoms with van der Waals surface area (Å²) >= 11 is 18.6. The van der Waals surface area contributed by atoms with E-state index in [1.54, 1.807) is 0 Å². The van der Waals surface area contributed by atoms with Gasteiger partial charge in [0.1, 0.15) is 5.82 Å². The minimum absolute atomic E-state index is 0.0602. The van der Waals surface area contributed by atoms with Crippen molar-refractivity contribution in [2.45, 2.75) is 6.18 Å². The Bertz CT molecular complexity index is 1180. The summed E-state index contributed by atoms with van der Waals surface area (Å²) in [5.74, 6) is -1.66. The lowest BCUT2D eigenvalue weighted by molar-refractivity contribution is -0.137. The largest absolute Gasteiger partial charge is 0.444 e. The van der Waals surface area contributed by atoms with Crippen molar-refractivity contribution in [3.05, 3.63) is 73.8 Å². The maximum Gasteiger partial charge on any atom is 0.417 e. The molecule has 1 heterocycles. The first-order valence-electron chi connectivity index (χ1n) is 8.34. The molecule has 0 bridgehead atoms. The number of carbonyl (C=O) groups is 2. The van der Waals surface area contributed by atoms with Gasteiger partial charge in [-0.1, -0.05) is 34.8 Å². The molecule has 13 heteroatoms. The molecule has 0 radical (unpaired) electrons. The van der Waals surface area contributed by atoms with E-state index in [4.69, 9.17) is 39.5 Å². The molecule has 2 N–H and O–H groups in total. The summed E-state index contributed by atoms with van der Waals surface area (Å²) in [6.07, 6.45) is -4.53. The number of hydrogen-bond donors (Lipinski definition) is 2. The number of halogens is 7. The van der Waals surface area contributed by atoms with Gasteiger partial charge in [-0.3, -0.25) is 10.1 Å². The fourth-order valence-corrected chi connectivity index (χ4v) is 3.94. The molecular weight excluding hydrogens is 519 g/mol. The number of urea groups is 1. The van der Waals surface area contributed by atoms with Gasteiger partial charge in [0.05, 0.1) is 26.2 Å². The fourth-order valence-electron chi connectivity index (χ4n) is 2.36. The van der Waals surface area contributed by atoms with Crippen molar-refractivity contribution in [1.29, 1.82) is 0 Å². The fraction of sp³-hybridized carbons (Fsp3) is 0.0526. The van der Waals surface area contributed by atoms with Gasteiger partial charge in [-0.2, -0.15) is 13.2 Å². The summed E-state index contributed by atoms with van der Waals surface area (Å²) in [7, 11) is 0. The zero-order valence-electron chi connectivity index (χ0n) is 15.3. The molecule has 0 aliphatic carbocycles. The predicted octanol–water partition coefficient (Wildman–Crippen LogP) is 7.62. The highest BCUT2D eigenvalue weighted by molar-refractivity contribution is 7.12. The number of imide groups is 1. The molecule has 168 valence electrons. The number of benzene rings is 2. The van der Waals surface area contributed by atoms with Crippen LogP contribution in [-0.2, 0) is 6.18 Å². The second-order valence-electron chi connectivity index (χ2n) is 6.06. The molecule has 3 aromatic rings. The Kier molecular flexibility index (Phi) is 7.19. The first-order chi connectivity index (χ1) is 14.9. The number of hydrogen-bond acceptors (Lipinski definition) is 4. The zero-order chi connectivity index (χ0) is 23.6. The van der Waals surface area contributed by atoms with Crippen LogP contribution >= 0.6 is 46.1 Å². The molecule has 0 spiro atoms. The number of ether oxygens (including phenoxy) is 1. The summed E-state index contributed by atoms with van der Waals surface area (Å²) in [4.78, 5) is 24.2. The molecule has 0 atom stereocenters. The molecule has 5 nitrogen and oxygen atoms in total. The average molecular weight is 528 g/mol. The number of amides is 3. The van der Waals surface area contributed by atoms with E-state index in [1.807, 2.05) is 5.32 Å². The van der Waals surface area contributed by atoms with Crippen LogP contribution in [0.1, 0.15) is 15.9 Å². The molecule has 3 amide bonds. The number of nitrogens with one attached hydrogen (secondary N) is 2. The van der Waals surface area contributed by atoms with Crippen LogP contribution in [0.4, 0.5) is 28.0 Å². The lowest BCUT2D eigenvalue weighted by atomic mass is 10.2. The minimum Gasteiger partial charge on any atom is -0.444 e. The lowest BCUT2D eigenvalue weighted by Gasteiger charge is -2.12. The van der Waals surface area contributed by atoms with Crippen LogP contribution in [0.25, 0.3) is 0 Å². The number of carbonyl (C=O) groups excluding carboxylic acids is 2. The Balaban J connectivity index is 1.69.